The van der Waals surface area contributed by atoms with Crippen molar-refractivity contribution in [2.24, 2.45) is 5.73 Å². The molecule has 0 spiro atoms. The number of methoxy groups -OCH3 is 2. The molecule has 0 radical (unpaired) electrons. The molecule has 0 saturated carbocycles. The van der Waals surface area contributed by atoms with E-state index in [0.717, 1.165) is 0 Å². The van der Waals surface area contributed by atoms with E-state index in [2.05, 4.69) is 10.6 Å². The lowest BCUT2D eigenvalue weighted by atomic mass is 10.1. The van der Waals surface area contributed by atoms with Gasteiger partial charge >= 0.3 is 0 Å². The van der Waals surface area contributed by atoms with Gasteiger partial charge in [-0.15, -0.1) is 0 Å². The Morgan fingerprint density at radius 1 is 0.788 bits per heavy atom. The third kappa shape index (κ3) is 6.01. The van der Waals surface area contributed by atoms with Gasteiger partial charge in [0.15, 0.2) is 18.1 Å². The monoisotopic (exact) mass is 449 g/mol. The lowest BCUT2D eigenvalue weighted by molar-refractivity contribution is -0.118. The lowest BCUT2D eigenvalue weighted by Gasteiger charge is -2.13. The van der Waals surface area contributed by atoms with Crippen LogP contribution in [-0.2, 0) is 4.79 Å². The van der Waals surface area contributed by atoms with E-state index in [1.54, 1.807) is 48.5 Å². The van der Waals surface area contributed by atoms with Gasteiger partial charge in [0.1, 0.15) is 5.75 Å². The summed E-state index contributed by atoms with van der Waals surface area (Å²) in [4.78, 5) is 36.0. The highest BCUT2D eigenvalue weighted by Crippen LogP contribution is 2.29. The zero-order chi connectivity index (χ0) is 23.8. The smallest absolute Gasteiger partial charge is 0.262 e. The van der Waals surface area contributed by atoms with Crippen LogP contribution in [0.1, 0.15) is 20.7 Å². The van der Waals surface area contributed by atoms with Crippen LogP contribution >= 0.6 is 0 Å². The summed E-state index contributed by atoms with van der Waals surface area (Å²) in [6.45, 7) is -0.272. The molecule has 3 aromatic rings. The Bertz CT molecular complexity index is 1160. The fourth-order valence-electron chi connectivity index (χ4n) is 2.93. The Labute approximate surface area is 190 Å². The number of nitrogens with two attached hydrogens (primary N) is 1. The summed E-state index contributed by atoms with van der Waals surface area (Å²) in [5, 5.41) is 5.43. The van der Waals surface area contributed by atoms with Crippen molar-refractivity contribution in [3.63, 3.8) is 0 Å². The topological polar surface area (TPSA) is 129 Å². The van der Waals surface area contributed by atoms with Crippen LogP contribution in [-0.4, -0.2) is 38.5 Å². The minimum Gasteiger partial charge on any atom is -0.495 e. The largest absolute Gasteiger partial charge is 0.495 e. The first-order chi connectivity index (χ1) is 15.9. The molecule has 0 aliphatic heterocycles. The molecular formula is C24H23N3O6. The minimum atomic E-state index is -0.551. The maximum absolute atomic E-state index is 12.6. The number of primary amides is 1. The molecule has 3 aromatic carbocycles. The van der Waals surface area contributed by atoms with Gasteiger partial charge in [0, 0.05) is 16.8 Å². The third-order valence-corrected chi connectivity index (χ3v) is 4.59. The zero-order valence-corrected chi connectivity index (χ0v) is 18.1. The summed E-state index contributed by atoms with van der Waals surface area (Å²) >= 11 is 0. The highest BCUT2D eigenvalue weighted by molar-refractivity contribution is 6.05. The summed E-state index contributed by atoms with van der Waals surface area (Å²) in [7, 11) is 2.95. The summed E-state index contributed by atoms with van der Waals surface area (Å²) < 4.78 is 16.1. The summed E-state index contributed by atoms with van der Waals surface area (Å²) in [6.07, 6.45) is 0. The van der Waals surface area contributed by atoms with Gasteiger partial charge in [0.25, 0.3) is 11.8 Å². The molecule has 3 rings (SSSR count). The van der Waals surface area contributed by atoms with Crippen LogP contribution in [0.3, 0.4) is 0 Å². The molecule has 4 N–H and O–H groups in total. The summed E-state index contributed by atoms with van der Waals surface area (Å²) in [5.74, 6) is -0.205. The second-order valence-corrected chi connectivity index (χ2v) is 6.80. The molecule has 0 heterocycles. The van der Waals surface area contributed by atoms with E-state index in [9.17, 15) is 14.4 Å². The van der Waals surface area contributed by atoms with Crippen molar-refractivity contribution in [3.8, 4) is 17.2 Å². The Kier molecular flexibility index (Phi) is 7.48. The fourth-order valence-corrected chi connectivity index (χ4v) is 2.93. The molecule has 9 nitrogen and oxygen atoms in total. The molecule has 0 aliphatic carbocycles. The van der Waals surface area contributed by atoms with Gasteiger partial charge in [-0.1, -0.05) is 12.1 Å². The molecule has 33 heavy (non-hydrogen) atoms. The molecule has 0 atom stereocenters. The van der Waals surface area contributed by atoms with Gasteiger partial charge in [-0.2, -0.15) is 0 Å². The predicted octanol–water partition coefficient (Wildman–Crippen LogP) is 3.07. The van der Waals surface area contributed by atoms with E-state index >= 15 is 0 Å². The number of hydrogen-bond donors (Lipinski definition) is 3. The number of hydrogen-bond acceptors (Lipinski definition) is 6. The molecule has 0 aromatic heterocycles. The molecule has 0 fully saturated rings. The average Bonchev–Trinajstić information content (AvgIpc) is 2.83. The molecule has 0 bridgehead atoms. The van der Waals surface area contributed by atoms with E-state index < -0.39 is 5.91 Å². The minimum absolute atomic E-state index is 0.272. The van der Waals surface area contributed by atoms with Gasteiger partial charge in [-0.3, -0.25) is 14.4 Å². The number of ether oxygens (including phenoxy) is 3. The van der Waals surface area contributed by atoms with E-state index in [1.165, 1.54) is 32.4 Å². The number of nitrogens with one attached hydrogen (secondary N) is 2. The first-order valence-corrected chi connectivity index (χ1v) is 9.86. The Balaban J connectivity index is 1.63. The van der Waals surface area contributed by atoms with E-state index in [-0.39, 0.29) is 24.2 Å². The van der Waals surface area contributed by atoms with Crippen molar-refractivity contribution in [2.75, 3.05) is 31.5 Å². The van der Waals surface area contributed by atoms with E-state index in [0.29, 0.717) is 34.0 Å². The second-order valence-electron chi connectivity index (χ2n) is 6.80. The normalized spacial score (nSPS) is 10.1. The fraction of sp³-hybridized carbons (Fsp3) is 0.125. The lowest BCUT2D eigenvalue weighted by Crippen LogP contribution is -2.20. The first kappa shape index (κ1) is 23.1. The number of carbonyl (C=O) groups excluding carboxylic acids is 3. The Hall–Kier alpha value is -4.53. The van der Waals surface area contributed by atoms with E-state index in [4.69, 9.17) is 19.9 Å². The molecule has 0 aliphatic rings. The van der Waals surface area contributed by atoms with Gasteiger partial charge in [0.2, 0.25) is 5.91 Å². The number of benzene rings is 3. The van der Waals surface area contributed by atoms with Crippen molar-refractivity contribution in [1.29, 1.82) is 0 Å². The van der Waals surface area contributed by atoms with E-state index in [1.807, 2.05) is 0 Å². The molecule has 0 unspecified atom stereocenters. The predicted molar refractivity (Wildman–Crippen MR) is 123 cm³/mol. The van der Waals surface area contributed by atoms with Gasteiger partial charge in [0.05, 0.1) is 19.9 Å². The second kappa shape index (κ2) is 10.7. The zero-order valence-electron chi connectivity index (χ0n) is 18.1. The number of rotatable bonds is 9. The highest BCUT2D eigenvalue weighted by atomic mass is 16.5. The first-order valence-electron chi connectivity index (χ1n) is 9.86. The maximum Gasteiger partial charge on any atom is 0.262 e. The van der Waals surface area contributed by atoms with Crippen LogP contribution in [0.2, 0.25) is 0 Å². The SMILES string of the molecule is COc1ccccc1NC(=O)COc1ccc(C(=O)Nc2ccc(C(N)=O)cc2)cc1OC. The number of anilines is 2. The molecule has 170 valence electrons. The van der Waals surface area contributed by atoms with Crippen molar-refractivity contribution in [1.82, 2.24) is 0 Å². The van der Waals surface area contributed by atoms with Crippen molar-refractivity contribution < 1.29 is 28.6 Å². The van der Waals surface area contributed by atoms with Crippen LogP contribution in [0.15, 0.2) is 66.7 Å². The average molecular weight is 449 g/mol. The van der Waals surface area contributed by atoms with Crippen molar-refractivity contribution >= 4 is 29.1 Å². The molecule has 9 heteroatoms. The Morgan fingerprint density at radius 2 is 1.45 bits per heavy atom. The quantitative estimate of drug-likeness (QED) is 0.460. The molecule has 3 amide bonds. The summed E-state index contributed by atoms with van der Waals surface area (Å²) in [5.41, 5.74) is 6.89. The summed E-state index contributed by atoms with van der Waals surface area (Å²) in [6, 6.07) is 17.8. The van der Waals surface area contributed by atoms with Crippen LogP contribution in [0.5, 0.6) is 17.2 Å². The number of carbonyl (C=O) groups is 3. The highest BCUT2D eigenvalue weighted by Gasteiger charge is 2.14. The van der Waals surface area contributed by atoms with Crippen LogP contribution in [0, 0.1) is 0 Å². The van der Waals surface area contributed by atoms with Crippen LogP contribution < -0.4 is 30.6 Å². The number of para-hydroxylation sites is 2. The third-order valence-electron chi connectivity index (χ3n) is 4.59. The number of amides is 3. The maximum atomic E-state index is 12.6. The standard InChI is InChI=1S/C24H23N3O6/c1-31-19-6-4-3-5-18(19)27-22(28)14-33-20-12-9-16(13-21(20)32-2)24(30)26-17-10-7-15(8-11-17)23(25)29/h3-13H,14H2,1-2H3,(H2,25,29)(H,26,30)(H,27,28). The molecule has 0 saturated heterocycles. The van der Waals surface area contributed by atoms with Crippen molar-refractivity contribution in [2.45, 2.75) is 0 Å². The Morgan fingerprint density at radius 3 is 2.12 bits per heavy atom. The molecular weight excluding hydrogens is 426 g/mol. The van der Waals surface area contributed by atoms with Crippen LogP contribution in [0.4, 0.5) is 11.4 Å². The van der Waals surface area contributed by atoms with Gasteiger partial charge in [-0.25, -0.2) is 0 Å². The van der Waals surface area contributed by atoms with Crippen LogP contribution in [0.25, 0.3) is 0 Å². The van der Waals surface area contributed by atoms with Crippen molar-refractivity contribution in [3.05, 3.63) is 77.9 Å². The van der Waals surface area contributed by atoms with Gasteiger partial charge < -0.3 is 30.6 Å². The van der Waals surface area contributed by atoms with Gasteiger partial charge in [-0.05, 0) is 54.6 Å².